The maximum absolute atomic E-state index is 8.87. The van der Waals surface area contributed by atoms with Gasteiger partial charge in [-0.1, -0.05) is 148 Å². The van der Waals surface area contributed by atoms with Crippen LogP contribution >= 0.6 is 0 Å². The van der Waals surface area contributed by atoms with Gasteiger partial charge in [0.15, 0.2) is 0 Å². The van der Waals surface area contributed by atoms with Gasteiger partial charge in [-0.2, -0.15) is 0 Å². The highest BCUT2D eigenvalue weighted by Crippen LogP contribution is 2.15. The minimum atomic E-state index is 0.105. The minimum Gasteiger partial charge on any atom is -0.396 e. The molecule has 0 heterocycles. The fourth-order valence-electron chi connectivity index (χ4n) is 4.59. The van der Waals surface area contributed by atoms with E-state index < -0.39 is 0 Å². The van der Waals surface area contributed by atoms with E-state index in [-0.39, 0.29) is 13.2 Å². The number of hydrogen-bond donors (Lipinski definition) is 2. The second-order valence-corrected chi connectivity index (χ2v) is 10.7. The summed E-state index contributed by atoms with van der Waals surface area (Å²) in [7, 11) is 0. The second-order valence-electron chi connectivity index (χ2n) is 10.7. The molecule has 0 spiro atoms. The summed E-state index contributed by atoms with van der Waals surface area (Å²) in [5.74, 6) is 0. The first-order valence-corrected chi connectivity index (χ1v) is 16.3. The highest BCUT2D eigenvalue weighted by Gasteiger charge is 2.00. The van der Waals surface area contributed by atoms with Crippen molar-refractivity contribution in [2.75, 3.05) is 26.4 Å². The molecule has 2 N–H and O–H groups in total. The van der Waals surface area contributed by atoms with Crippen LogP contribution < -0.4 is 0 Å². The van der Waals surface area contributed by atoms with E-state index >= 15 is 0 Å². The number of rotatable bonds is 32. The third-order valence-corrected chi connectivity index (χ3v) is 6.99. The lowest BCUT2D eigenvalue weighted by atomic mass is 10.0. The summed E-state index contributed by atoms with van der Waals surface area (Å²) in [5.41, 5.74) is 0. The van der Waals surface area contributed by atoms with Crippen LogP contribution in [0.5, 0.6) is 0 Å². The third kappa shape index (κ3) is 31.5. The van der Waals surface area contributed by atoms with E-state index in [4.69, 9.17) is 19.9 Å². The maximum atomic E-state index is 8.87. The van der Waals surface area contributed by atoms with Crippen LogP contribution in [0.4, 0.5) is 0 Å². The zero-order valence-electron chi connectivity index (χ0n) is 24.8. The third-order valence-electron chi connectivity index (χ3n) is 6.99. The van der Waals surface area contributed by atoms with E-state index in [1.54, 1.807) is 0 Å². The van der Waals surface area contributed by atoms with Crippen LogP contribution in [0.1, 0.15) is 167 Å². The van der Waals surface area contributed by atoms with Crippen molar-refractivity contribution in [3.05, 3.63) is 12.3 Å². The van der Waals surface area contributed by atoms with Crippen LogP contribution in [0.3, 0.4) is 0 Å². The van der Waals surface area contributed by atoms with E-state index in [1.807, 2.05) is 6.20 Å². The largest absolute Gasteiger partial charge is 0.396 e. The van der Waals surface area contributed by atoms with E-state index in [0.29, 0.717) is 26.1 Å². The highest BCUT2D eigenvalue weighted by molar-refractivity contribution is 4.76. The van der Waals surface area contributed by atoms with Crippen LogP contribution in [0, 0.1) is 0 Å². The molecule has 5 nitrogen and oxygen atoms in total. The smallest absolute Gasteiger partial charge is 0.0797 e. The van der Waals surface area contributed by atoms with Gasteiger partial charge in [0.05, 0.1) is 19.4 Å². The number of aliphatic hydroxyl groups is 2. The summed E-state index contributed by atoms with van der Waals surface area (Å²) >= 11 is 0. The first kappa shape index (κ1) is 36.4. The van der Waals surface area contributed by atoms with Gasteiger partial charge in [-0.25, -0.2) is 9.68 Å². The van der Waals surface area contributed by atoms with E-state index in [1.165, 1.54) is 146 Å². The normalized spacial score (nSPS) is 11.6. The summed E-state index contributed by atoms with van der Waals surface area (Å²) in [5, 5.41) is 19.1. The lowest BCUT2D eigenvalue weighted by Gasteiger charge is -2.18. The first-order valence-electron chi connectivity index (χ1n) is 16.3. The number of hydrogen-bond acceptors (Lipinski definition) is 5. The molecule has 0 aromatic carbocycles. The lowest BCUT2D eigenvalue weighted by molar-refractivity contribution is -0.337. The topological polar surface area (TPSA) is 62.2 Å². The number of hydroxylamine groups is 2. The Morgan fingerprint density at radius 1 is 0.459 bits per heavy atom. The Hall–Kier alpha value is -0.620. The Labute approximate surface area is 231 Å². The van der Waals surface area contributed by atoms with E-state index in [0.717, 1.165) is 6.42 Å². The van der Waals surface area contributed by atoms with Crippen molar-refractivity contribution in [3.63, 3.8) is 0 Å². The Morgan fingerprint density at radius 3 is 1.11 bits per heavy atom. The van der Waals surface area contributed by atoms with Crippen molar-refractivity contribution in [3.8, 4) is 0 Å². The summed E-state index contributed by atoms with van der Waals surface area (Å²) in [6.45, 7) is 3.34. The second kappa shape index (κ2) is 33.4. The molecule has 0 fully saturated rings. The van der Waals surface area contributed by atoms with Crippen molar-refractivity contribution in [2.45, 2.75) is 167 Å². The zero-order chi connectivity index (χ0) is 26.9. The Balaban J connectivity index is 3.32. The monoisotopic (exact) mass is 527 g/mol. The predicted molar refractivity (Wildman–Crippen MR) is 158 cm³/mol. The van der Waals surface area contributed by atoms with Crippen LogP contribution in [0.25, 0.3) is 0 Å². The van der Waals surface area contributed by atoms with Crippen molar-refractivity contribution < 1.29 is 19.9 Å². The number of unbranched alkanes of at least 4 members (excludes halogenated alkanes) is 22. The molecule has 0 rings (SSSR count). The molecule has 0 aliphatic carbocycles. The molecular weight excluding hydrogens is 462 g/mol. The Morgan fingerprint density at radius 2 is 0.784 bits per heavy atom. The molecule has 0 radical (unpaired) electrons. The van der Waals surface area contributed by atoms with Gasteiger partial charge in [-0.05, 0) is 25.7 Å². The molecule has 0 saturated carbocycles. The summed E-state index contributed by atoms with van der Waals surface area (Å²) in [6, 6.07) is 0. The van der Waals surface area contributed by atoms with Gasteiger partial charge in [-0.3, -0.25) is 0 Å². The standard InChI is InChI=1S/C32H65NO4/c1-2-3-4-5-6-7-8-9-10-11-12-13-14-15-16-17-18-19-20-21-22-23-24-25-28-33(36-31-26-29-34)37-32-27-30-35/h25,28,34-35H,2-24,26-27,29-32H2,1H3. The van der Waals surface area contributed by atoms with E-state index in [2.05, 4.69) is 13.0 Å². The molecule has 0 aromatic heterocycles. The molecular formula is C32H65NO4. The van der Waals surface area contributed by atoms with E-state index in [9.17, 15) is 0 Å². The SMILES string of the molecule is CCCCCCCCCCCCCCCCCCCCCCCCC=CN(OCCCO)OCCCO. The number of allylic oxidation sites excluding steroid dienone is 1. The molecule has 0 aliphatic rings. The van der Waals surface area contributed by atoms with Crippen molar-refractivity contribution in [1.29, 1.82) is 0 Å². The van der Waals surface area contributed by atoms with Gasteiger partial charge in [0.1, 0.15) is 0 Å². The molecule has 0 amide bonds. The van der Waals surface area contributed by atoms with Gasteiger partial charge in [0.25, 0.3) is 0 Å². The summed E-state index contributed by atoms with van der Waals surface area (Å²) < 4.78 is 0. The van der Waals surface area contributed by atoms with Gasteiger partial charge in [0.2, 0.25) is 0 Å². The predicted octanol–water partition coefficient (Wildman–Crippen LogP) is 9.42. The maximum Gasteiger partial charge on any atom is 0.0797 e. The minimum absolute atomic E-state index is 0.105. The average Bonchev–Trinajstić information content (AvgIpc) is 2.91. The first-order chi connectivity index (χ1) is 18.3. The van der Waals surface area contributed by atoms with Gasteiger partial charge in [0, 0.05) is 13.2 Å². The van der Waals surface area contributed by atoms with Crippen LogP contribution in [-0.2, 0) is 9.68 Å². The van der Waals surface area contributed by atoms with Gasteiger partial charge >= 0.3 is 0 Å². The molecule has 0 saturated heterocycles. The molecule has 0 bridgehead atoms. The lowest BCUT2D eigenvalue weighted by Crippen LogP contribution is -2.20. The Bertz CT molecular complexity index is 423. The quantitative estimate of drug-likeness (QED) is 0.0674. The van der Waals surface area contributed by atoms with Crippen LogP contribution in [0.15, 0.2) is 12.3 Å². The fraction of sp³-hybridized carbons (Fsp3) is 0.938. The molecule has 0 aliphatic heterocycles. The van der Waals surface area contributed by atoms with Crippen molar-refractivity contribution in [2.24, 2.45) is 0 Å². The zero-order valence-corrected chi connectivity index (χ0v) is 24.8. The molecule has 0 atom stereocenters. The number of nitrogens with zero attached hydrogens (tertiary/aromatic N) is 1. The summed E-state index contributed by atoms with van der Waals surface area (Å²) in [6.07, 6.45) is 37.1. The average molecular weight is 528 g/mol. The van der Waals surface area contributed by atoms with Crippen LogP contribution in [-0.4, -0.2) is 41.9 Å². The van der Waals surface area contributed by atoms with Crippen LogP contribution in [0.2, 0.25) is 0 Å². The molecule has 37 heavy (non-hydrogen) atoms. The molecule has 222 valence electrons. The van der Waals surface area contributed by atoms with Gasteiger partial charge < -0.3 is 10.2 Å². The van der Waals surface area contributed by atoms with Gasteiger partial charge in [-0.15, -0.1) is 5.23 Å². The molecule has 5 heteroatoms. The van der Waals surface area contributed by atoms with Crippen molar-refractivity contribution >= 4 is 0 Å². The van der Waals surface area contributed by atoms with Crippen molar-refractivity contribution in [1.82, 2.24) is 5.23 Å². The summed E-state index contributed by atoms with van der Waals surface area (Å²) in [4.78, 5) is 10.9. The number of aliphatic hydroxyl groups excluding tert-OH is 2. The highest BCUT2D eigenvalue weighted by atomic mass is 16.9. The molecule has 0 unspecified atom stereocenters. The Kier molecular flexibility index (Phi) is 32.8. The molecule has 0 aromatic rings. The fourth-order valence-corrected chi connectivity index (χ4v) is 4.59.